The molecule has 4 heteroatoms. The van der Waals surface area contributed by atoms with Crippen molar-refractivity contribution in [2.45, 2.75) is 16.9 Å². The molecular formula is C11H12N2OS. The van der Waals surface area contributed by atoms with Gasteiger partial charge in [-0.3, -0.25) is 0 Å². The van der Waals surface area contributed by atoms with Gasteiger partial charge in [0.15, 0.2) is 5.58 Å². The van der Waals surface area contributed by atoms with E-state index in [9.17, 15) is 0 Å². The highest BCUT2D eigenvalue weighted by molar-refractivity contribution is 7.99. The first-order valence-corrected chi connectivity index (χ1v) is 6.03. The molecule has 2 aromatic rings. The molecule has 1 aliphatic rings. The van der Waals surface area contributed by atoms with Crippen molar-refractivity contribution in [3.8, 4) is 0 Å². The fraction of sp³-hybridized carbons (Fsp3) is 0.364. The van der Waals surface area contributed by atoms with Crippen LogP contribution in [0.3, 0.4) is 0 Å². The van der Waals surface area contributed by atoms with Gasteiger partial charge in [-0.25, -0.2) is 4.98 Å². The van der Waals surface area contributed by atoms with Gasteiger partial charge in [0.1, 0.15) is 5.52 Å². The van der Waals surface area contributed by atoms with Gasteiger partial charge in [-0.05, 0) is 25.1 Å². The molecule has 1 atom stereocenters. The summed E-state index contributed by atoms with van der Waals surface area (Å²) in [4.78, 5) is 4.44. The van der Waals surface area contributed by atoms with Crippen molar-refractivity contribution in [2.24, 2.45) is 0 Å². The van der Waals surface area contributed by atoms with E-state index in [1.54, 1.807) is 11.8 Å². The average Bonchev–Trinajstić information content (AvgIpc) is 2.86. The van der Waals surface area contributed by atoms with Crippen molar-refractivity contribution in [2.75, 3.05) is 13.1 Å². The number of thioether (sulfide) groups is 1. The predicted octanol–water partition coefficient (Wildman–Crippen LogP) is 2.28. The summed E-state index contributed by atoms with van der Waals surface area (Å²) in [5.41, 5.74) is 1.83. The van der Waals surface area contributed by atoms with E-state index in [2.05, 4.69) is 10.3 Å². The largest absolute Gasteiger partial charge is 0.431 e. The molecule has 1 fully saturated rings. The number of fused-ring (bicyclic) bond motifs is 1. The Kier molecular flexibility index (Phi) is 2.38. The van der Waals surface area contributed by atoms with Gasteiger partial charge < -0.3 is 9.73 Å². The van der Waals surface area contributed by atoms with E-state index >= 15 is 0 Å². The third kappa shape index (κ3) is 1.87. The number of para-hydroxylation sites is 2. The van der Waals surface area contributed by atoms with Crippen LogP contribution in [0.2, 0.25) is 0 Å². The molecule has 78 valence electrons. The van der Waals surface area contributed by atoms with Gasteiger partial charge in [-0.1, -0.05) is 23.9 Å². The Labute approximate surface area is 92.3 Å². The molecule has 0 amide bonds. The lowest BCUT2D eigenvalue weighted by atomic mass is 10.3. The summed E-state index contributed by atoms with van der Waals surface area (Å²) < 4.78 is 5.65. The van der Waals surface area contributed by atoms with Crippen molar-refractivity contribution in [1.29, 1.82) is 0 Å². The maximum Gasteiger partial charge on any atom is 0.257 e. The van der Waals surface area contributed by atoms with Gasteiger partial charge in [0.25, 0.3) is 5.22 Å². The number of hydrogen-bond donors (Lipinski definition) is 1. The average molecular weight is 220 g/mol. The summed E-state index contributed by atoms with van der Waals surface area (Å²) in [7, 11) is 0. The summed E-state index contributed by atoms with van der Waals surface area (Å²) >= 11 is 1.74. The Balaban J connectivity index is 1.84. The molecule has 3 rings (SSSR count). The highest BCUT2D eigenvalue weighted by Crippen LogP contribution is 2.28. The lowest BCUT2D eigenvalue weighted by Gasteiger charge is -2.01. The topological polar surface area (TPSA) is 38.1 Å². The van der Waals surface area contributed by atoms with Crippen LogP contribution in [0.4, 0.5) is 0 Å². The zero-order chi connectivity index (χ0) is 10.1. The van der Waals surface area contributed by atoms with Crippen molar-refractivity contribution >= 4 is 22.9 Å². The predicted molar refractivity (Wildman–Crippen MR) is 61.1 cm³/mol. The molecule has 0 saturated carbocycles. The molecule has 1 aromatic heterocycles. The van der Waals surface area contributed by atoms with E-state index in [0.29, 0.717) is 5.25 Å². The quantitative estimate of drug-likeness (QED) is 0.842. The molecule has 0 unspecified atom stereocenters. The molecule has 1 aliphatic heterocycles. The van der Waals surface area contributed by atoms with Crippen LogP contribution in [0, 0.1) is 0 Å². The third-order valence-electron chi connectivity index (χ3n) is 2.56. The molecule has 0 radical (unpaired) electrons. The summed E-state index contributed by atoms with van der Waals surface area (Å²) in [6.07, 6.45) is 1.20. The van der Waals surface area contributed by atoms with E-state index in [0.717, 1.165) is 29.4 Å². The summed E-state index contributed by atoms with van der Waals surface area (Å²) in [6, 6.07) is 7.89. The van der Waals surface area contributed by atoms with E-state index in [-0.39, 0.29) is 0 Å². The zero-order valence-electron chi connectivity index (χ0n) is 8.27. The molecule has 0 aliphatic carbocycles. The van der Waals surface area contributed by atoms with Crippen molar-refractivity contribution < 1.29 is 4.42 Å². The third-order valence-corrected chi connectivity index (χ3v) is 3.67. The number of aromatic nitrogens is 1. The van der Waals surface area contributed by atoms with Crippen molar-refractivity contribution in [3.05, 3.63) is 24.3 Å². The Morgan fingerprint density at radius 2 is 2.33 bits per heavy atom. The first-order valence-electron chi connectivity index (χ1n) is 5.15. The lowest BCUT2D eigenvalue weighted by Crippen LogP contribution is -2.09. The standard InChI is InChI=1S/C11H12N2OS/c1-2-4-10-9(3-1)13-11(14-10)15-8-5-6-12-7-8/h1-4,8,12H,5-7H2/t8-/m1/s1. The molecule has 2 heterocycles. The van der Waals surface area contributed by atoms with Crippen LogP contribution in [-0.2, 0) is 0 Å². The summed E-state index contributed by atoms with van der Waals surface area (Å²) in [6.45, 7) is 2.17. The summed E-state index contributed by atoms with van der Waals surface area (Å²) in [5, 5.41) is 4.74. The van der Waals surface area contributed by atoms with Crippen LogP contribution >= 0.6 is 11.8 Å². The minimum Gasteiger partial charge on any atom is -0.431 e. The van der Waals surface area contributed by atoms with E-state index in [1.165, 1.54) is 6.42 Å². The normalized spacial score (nSPS) is 21.2. The highest BCUT2D eigenvalue weighted by Gasteiger charge is 2.18. The first-order chi connectivity index (χ1) is 7.42. The van der Waals surface area contributed by atoms with Gasteiger partial charge in [0.05, 0.1) is 0 Å². The molecule has 0 bridgehead atoms. The Morgan fingerprint density at radius 1 is 1.40 bits per heavy atom. The molecule has 1 N–H and O–H groups in total. The fourth-order valence-electron chi connectivity index (χ4n) is 1.77. The number of nitrogens with one attached hydrogen (secondary N) is 1. The second-order valence-corrected chi connectivity index (χ2v) is 4.93. The van der Waals surface area contributed by atoms with Crippen LogP contribution in [0.25, 0.3) is 11.1 Å². The van der Waals surface area contributed by atoms with E-state index < -0.39 is 0 Å². The van der Waals surface area contributed by atoms with Crippen molar-refractivity contribution in [3.63, 3.8) is 0 Å². The van der Waals surface area contributed by atoms with Crippen LogP contribution in [0.15, 0.2) is 33.9 Å². The minimum atomic E-state index is 0.609. The molecule has 0 spiro atoms. The number of oxazole rings is 1. The minimum absolute atomic E-state index is 0.609. The van der Waals surface area contributed by atoms with Crippen LogP contribution in [-0.4, -0.2) is 23.3 Å². The lowest BCUT2D eigenvalue weighted by molar-refractivity contribution is 0.488. The van der Waals surface area contributed by atoms with Gasteiger partial charge >= 0.3 is 0 Å². The van der Waals surface area contributed by atoms with Crippen LogP contribution in [0.5, 0.6) is 0 Å². The van der Waals surface area contributed by atoms with Gasteiger partial charge in [0.2, 0.25) is 0 Å². The smallest absolute Gasteiger partial charge is 0.257 e. The SMILES string of the molecule is c1ccc2oc(S[C@@H]3CCNC3)nc2c1. The molecule has 15 heavy (non-hydrogen) atoms. The summed E-state index contributed by atoms with van der Waals surface area (Å²) in [5.74, 6) is 0. The molecule has 1 aromatic carbocycles. The monoisotopic (exact) mass is 220 g/mol. The molecular weight excluding hydrogens is 208 g/mol. The Bertz CT molecular complexity index is 429. The highest BCUT2D eigenvalue weighted by atomic mass is 32.2. The number of rotatable bonds is 2. The fourth-order valence-corrected chi connectivity index (χ4v) is 2.78. The molecule has 3 nitrogen and oxygen atoms in total. The number of nitrogens with zero attached hydrogens (tertiary/aromatic N) is 1. The van der Waals surface area contributed by atoms with Crippen molar-refractivity contribution in [1.82, 2.24) is 10.3 Å². The number of benzene rings is 1. The van der Waals surface area contributed by atoms with Gasteiger partial charge in [-0.2, -0.15) is 0 Å². The second-order valence-electron chi connectivity index (χ2n) is 3.68. The maximum absolute atomic E-state index is 5.65. The second kappa shape index (κ2) is 3.87. The zero-order valence-corrected chi connectivity index (χ0v) is 9.09. The number of hydrogen-bond acceptors (Lipinski definition) is 4. The van der Waals surface area contributed by atoms with E-state index in [4.69, 9.17) is 4.42 Å². The van der Waals surface area contributed by atoms with Crippen LogP contribution < -0.4 is 5.32 Å². The Morgan fingerprint density at radius 3 is 3.13 bits per heavy atom. The Hall–Kier alpha value is -1.00. The molecule has 1 saturated heterocycles. The van der Waals surface area contributed by atoms with E-state index in [1.807, 2.05) is 24.3 Å². The maximum atomic E-state index is 5.65. The van der Waals surface area contributed by atoms with Crippen LogP contribution in [0.1, 0.15) is 6.42 Å². The van der Waals surface area contributed by atoms with Gasteiger partial charge in [0, 0.05) is 11.8 Å². The van der Waals surface area contributed by atoms with Gasteiger partial charge in [-0.15, -0.1) is 0 Å². The first kappa shape index (κ1) is 9.24.